The Bertz CT molecular complexity index is 653. The molecule has 1 atom stereocenters. The summed E-state index contributed by atoms with van der Waals surface area (Å²) in [6.45, 7) is 5.97. The van der Waals surface area contributed by atoms with E-state index in [1.54, 1.807) is 29.4 Å². The monoisotopic (exact) mass is 354 g/mol. The SMILES string of the molecule is CC(C)(C)OC(=O)N1CCCCC1CS(=O)(=O)Cc1cccnc1. The normalized spacial score (nSPS) is 19.1. The second-order valence-corrected chi connectivity index (χ2v) is 9.35. The Balaban J connectivity index is 2.06. The highest BCUT2D eigenvalue weighted by molar-refractivity contribution is 7.90. The van der Waals surface area contributed by atoms with Crippen molar-refractivity contribution in [2.24, 2.45) is 0 Å². The van der Waals surface area contributed by atoms with E-state index in [2.05, 4.69) is 4.98 Å². The minimum atomic E-state index is -3.33. The van der Waals surface area contributed by atoms with Crippen LogP contribution >= 0.6 is 0 Å². The van der Waals surface area contributed by atoms with Crippen LogP contribution in [-0.4, -0.2) is 48.3 Å². The van der Waals surface area contributed by atoms with E-state index in [0.717, 1.165) is 12.8 Å². The Hall–Kier alpha value is -1.63. The number of ether oxygens (including phenoxy) is 1. The lowest BCUT2D eigenvalue weighted by Gasteiger charge is -2.36. The summed E-state index contributed by atoms with van der Waals surface area (Å²) in [4.78, 5) is 17.9. The first-order chi connectivity index (χ1) is 11.2. The lowest BCUT2D eigenvalue weighted by Crippen LogP contribution is -2.49. The van der Waals surface area contributed by atoms with Crippen molar-refractivity contribution in [2.45, 2.75) is 57.4 Å². The van der Waals surface area contributed by atoms with Gasteiger partial charge in [0.1, 0.15) is 5.60 Å². The van der Waals surface area contributed by atoms with Crippen molar-refractivity contribution >= 4 is 15.9 Å². The molecule has 1 saturated heterocycles. The van der Waals surface area contributed by atoms with Crippen LogP contribution in [0.1, 0.15) is 45.6 Å². The summed E-state index contributed by atoms with van der Waals surface area (Å²) in [5.74, 6) is -0.0966. The fourth-order valence-corrected chi connectivity index (χ4v) is 4.55. The maximum atomic E-state index is 12.5. The Labute approximate surface area is 144 Å². The number of hydrogen-bond donors (Lipinski definition) is 0. The van der Waals surface area contributed by atoms with Crippen LogP contribution in [0.5, 0.6) is 0 Å². The van der Waals surface area contributed by atoms with Crippen LogP contribution in [0.25, 0.3) is 0 Å². The first-order valence-corrected chi connectivity index (χ1v) is 10.1. The molecular formula is C17H26N2O4S. The van der Waals surface area contributed by atoms with Gasteiger partial charge in [-0.3, -0.25) is 4.98 Å². The third-order valence-electron chi connectivity index (χ3n) is 3.81. The van der Waals surface area contributed by atoms with Crippen molar-refractivity contribution in [3.05, 3.63) is 30.1 Å². The lowest BCUT2D eigenvalue weighted by molar-refractivity contribution is 0.0124. The molecule has 0 aliphatic carbocycles. The van der Waals surface area contributed by atoms with Crippen molar-refractivity contribution in [2.75, 3.05) is 12.3 Å². The predicted molar refractivity (Wildman–Crippen MR) is 92.3 cm³/mol. The summed E-state index contributed by atoms with van der Waals surface area (Å²) in [6, 6.07) is 3.14. The van der Waals surface area contributed by atoms with Gasteiger partial charge >= 0.3 is 6.09 Å². The van der Waals surface area contributed by atoms with Crippen molar-refractivity contribution < 1.29 is 17.9 Å². The Kier molecular flexibility index (Phi) is 5.85. The smallest absolute Gasteiger partial charge is 0.410 e. The second-order valence-electron chi connectivity index (χ2n) is 7.24. The average molecular weight is 354 g/mol. The van der Waals surface area contributed by atoms with Crippen LogP contribution in [0, 0.1) is 0 Å². The number of aromatic nitrogens is 1. The zero-order valence-corrected chi connectivity index (χ0v) is 15.4. The second kappa shape index (κ2) is 7.51. The predicted octanol–water partition coefficient (Wildman–Crippen LogP) is 2.79. The molecule has 134 valence electrons. The molecule has 2 heterocycles. The van der Waals surface area contributed by atoms with Gasteiger partial charge in [0.05, 0.1) is 11.5 Å². The summed E-state index contributed by atoms with van der Waals surface area (Å²) < 4.78 is 30.5. The highest BCUT2D eigenvalue weighted by Crippen LogP contribution is 2.22. The van der Waals surface area contributed by atoms with Crippen LogP contribution in [-0.2, 0) is 20.3 Å². The van der Waals surface area contributed by atoms with Crippen molar-refractivity contribution in [1.29, 1.82) is 0 Å². The number of amides is 1. The number of sulfone groups is 1. The van der Waals surface area contributed by atoms with Gasteiger partial charge in [-0.15, -0.1) is 0 Å². The van der Waals surface area contributed by atoms with E-state index in [9.17, 15) is 13.2 Å². The standard InChI is InChI=1S/C17H26N2O4S/c1-17(2,3)23-16(20)19-10-5-4-8-15(19)13-24(21,22)12-14-7-6-9-18-11-14/h6-7,9,11,15H,4-5,8,10,12-13H2,1-3H3. The number of carbonyl (C=O) groups is 1. The van der Waals surface area contributed by atoms with Gasteiger partial charge in [-0.1, -0.05) is 6.07 Å². The molecule has 0 spiro atoms. The molecule has 24 heavy (non-hydrogen) atoms. The zero-order valence-electron chi connectivity index (χ0n) is 14.6. The molecule has 1 aliphatic rings. The first kappa shape index (κ1) is 18.7. The van der Waals surface area contributed by atoms with E-state index in [-0.39, 0.29) is 17.5 Å². The molecule has 0 aromatic carbocycles. The topological polar surface area (TPSA) is 76.6 Å². The molecule has 0 N–H and O–H groups in total. The van der Waals surface area contributed by atoms with Crippen LogP contribution in [0.2, 0.25) is 0 Å². The number of likely N-dealkylation sites (tertiary alicyclic amines) is 1. The van der Waals surface area contributed by atoms with Gasteiger partial charge in [0.25, 0.3) is 0 Å². The van der Waals surface area contributed by atoms with Crippen LogP contribution < -0.4 is 0 Å². The maximum absolute atomic E-state index is 12.5. The molecule has 2 rings (SSSR count). The summed E-state index contributed by atoms with van der Waals surface area (Å²) in [7, 11) is -3.33. The number of nitrogens with zero attached hydrogens (tertiary/aromatic N) is 2. The zero-order chi connectivity index (χ0) is 17.8. The fourth-order valence-electron chi connectivity index (χ4n) is 2.82. The minimum Gasteiger partial charge on any atom is -0.444 e. The summed E-state index contributed by atoms with van der Waals surface area (Å²) in [5, 5.41) is 0. The Morgan fingerprint density at radius 1 is 1.38 bits per heavy atom. The third kappa shape index (κ3) is 5.78. The molecule has 6 nitrogen and oxygen atoms in total. The lowest BCUT2D eigenvalue weighted by atomic mass is 10.0. The van der Waals surface area contributed by atoms with Crippen molar-refractivity contribution in [3.8, 4) is 0 Å². The van der Waals surface area contributed by atoms with Gasteiger partial charge in [0.2, 0.25) is 0 Å². The van der Waals surface area contributed by atoms with Crippen LogP contribution in [0.15, 0.2) is 24.5 Å². The van der Waals surface area contributed by atoms with Crippen LogP contribution in [0.4, 0.5) is 4.79 Å². The molecule has 0 radical (unpaired) electrons. The molecule has 1 fully saturated rings. The quantitative estimate of drug-likeness (QED) is 0.831. The molecule has 1 aromatic rings. The maximum Gasteiger partial charge on any atom is 0.410 e. The highest BCUT2D eigenvalue weighted by Gasteiger charge is 2.33. The van der Waals surface area contributed by atoms with Gasteiger partial charge in [-0.05, 0) is 51.7 Å². The van der Waals surface area contributed by atoms with Gasteiger partial charge in [-0.25, -0.2) is 13.2 Å². The third-order valence-corrected chi connectivity index (χ3v) is 5.48. The number of carbonyl (C=O) groups excluding carboxylic acids is 1. The van der Waals surface area contributed by atoms with Gasteiger partial charge in [-0.2, -0.15) is 0 Å². The molecule has 1 amide bonds. The summed E-state index contributed by atoms with van der Waals surface area (Å²) in [5.41, 5.74) is 0.0744. The van der Waals surface area contributed by atoms with Gasteiger partial charge in [0.15, 0.2) is 9.84 Å². The van der Waals surface area contributed by atoms with E-state index in [1.807, 2.05) is 20.8 Å². The molecule has 1 aromatic heterocycles. The van der Waals surface area contributed by atoms with E-state index >= 15 is 0 Å². The molecule has 0 bridgehead atoms. The Morgan fingerprint density at radius 2 is 2.12 bits per heavy atom. The number of pyridine rings is 1. The van der Waals surface area contributed by atoms with E-state index in [1.165, 1.54) is 0 Å². The first-order valence-electron chi connectivity index (χ1n) is 8.25. The van der Waals surface area contributed by atoms with E-state index < -0.39 is 21.5 Å². The van der Waals surface area contributed by atoms with E-state index in [0.29, 0.717) is 18.5 Å². The number of hydrogen-bond acceptors (Lipinski definition) is 5. The average Bonchev–Trinajstić information content (AvgIpc) is 2.46. The molecule has 7 heteroatoms. The van der Waals surface area contributed by atoms with Crippen molar-refractivity contribution in [3.63, 3.8) is 0 Å². The molecule has 0 saturated carbocycles. The molecular weight excluding hydrogens is 328 g/mol. The molecule has 1 aliphatic heterocycles. The number of piperidine rings is 1. The fraction of sp³-hybridized carbons (Fsp3) is 0.647. The van der Waals surface area contributed by atoms with Crippen molar-refractivity contribution in [1.82, 2.24) is 9.88 Å². The van der Waals surface area contributed by atoms with Gasteiger partial charge in [0, 0.05) is 25.0 Å². The Morgan fingerprint density at radius 3 is 2.75 bits per heavy atom. The largest absolute Gasteiger partial charge is 0.444 e. The number of rotatable bonds is 4. The van der Waals surface area contributed by atoms with Crippen LogP contribution in [0.3, 0.4) is 0 Å². The van der Waals surface area contributed by atoms with Gasteiger partial charge < -0.3 is 9.64 Å². The molecule has 1 unspecified atom stereocenters. The van der Waals surface area contributed by atoms with E-state index in [4.69, 9.17) is 4.74 Å². The highest BCUT2D eigenvalue weighted by atomic mass is 32.2. The minimum absolute atomic E-state index is 0.0405. The summed E-state index contributed by atoms with van der Waals surface area (Å²) in [6.07, 6.45) is 5.23. The summed E-state index contributed by atoms with van der Waals surface area (Å²) >= 11 is 0.